The third-order valence-corrected chi connectivity index (χ3v) is 3.83. The second-order valence-electron chi connectivity index (χ2n) is 4.23. The molecule has 0 aliphatic carbocycles. The van der Waals surface area contributed by atoms with Gasteiger partial charge in [0.25, 0.3) is 0 Å². The number of thioether (sulfide) groups is 1. The zero-order chi connectivity index (χ0) is 10.8. The Morgan fingerprint density at radius 2 is 2.20 bits per heavy atom. The number of nitrogens with two attached hydrogens (primary N) is 1. The van der Waals surface area contributed by atoms with Gasteiger partial charge in [-0.15, -0.1) is 0 Å². The molecule has 82 valence electrons. The average molecular weight is 222 g/mol. The summed E-state index contributed by atoms with van der Waals surface area (Å²) in [5.74, 6) is 1.22. The van der Waals surface area contributed by atoms with E-state index in [4.69, 9.17) is 5.73 Å². The highest BCUT2D eigenvalue weighted by Gasteiger charge is 2.17. The van der Waals surface area contributed by atoms with Gasteiger partial charge in [0, 0.05) is 35.5 Å². The zero-order valence-electron chi connectivity index (χ0n) is 9.36. The number of hydrogen-bond acceptors (Lipinski definition) is 3. The van der Waals surface area contributed by atoms with Crippen molar-refractivity contribution in [3.63, 3.8) is 0 Å². The molecule has 1 saturated heterocycles. The van der Waals surface area contributed by atoms with Crippen LogP contribution < -0.4 is 10.6 Å². The molecule has 1 fully saturated rings. The van der Waals surface area contributed by atoms with Gasteiger partial charge in [-0.2, -0.15) is 11.8 Å². The monoisotopic (exact) mass is 222 g/mol. The minimum atomic E-state index is 0.723. The van der Waals surface area contributed by atoms with Gasteiger partial charge in [0.15, 0.2) is 0 Å². The molecule has 3 heteroatoms. The Kier molecular flexibility index (Phi) is 3.10. The summed E-state index contributed by atoms with van der Waals surface area (Å²) in [4.78, 5) is 2.44. The molecule has 0 radical (unpaired) electrons. The molecule has 1 aliphatic rings. The summed E-state index contributed by atoms with van der Waals surface area (Å²) in [7, 11) is 0. The van der Waals surface area contributed by atoms with E-state index in [2.05, 4.69) is 42.6 Å². The Morgan fingerprint density at radius 1 is 1.40 bits per heavy atom. The van der Waals surface area contributed by atoms with Crippen LogP contribution in [0.1, 0.15) is 12.5 Å². The van der Waals surface area contributed by atoms with Crippen molar-refractivity contribution in [1.82, 2.24) is 0 Å². The maximum absolute atomic E-state index is 5.87. The maximum Gasteiger partial charge on any atom is 0.0390 e. The molecule has 0 spiro atoms. The van der Waals surface area contributed by atoms with Crippen LogP contribution in [-0.2, 0) is 0 Å². The number of aryl methyl sites for hydroxylation is 1. The smallest absolute Gasteiger partial charge is 0.0390 e. The van der Waals surface area contributed by atoms with Crippen molar-refractivity contribution in [2.75, 3.05) is 29.5 Å². The summed E-state index contributed by atoms with van der Waals surface area (Å²) in [5, 5.41) is 0.723. The molecular formula is C12H18N2S. The maximum atomic E-state index is 5.87. The molecule has 1 aliphatic heterocycles. The normalized spacial score (nSPS) is 21.7. The summed E-state index contributed by atoms with van der Waals surface area (Å²) in [6, 6.07) is 6.32. The predicted molar refractivity (Wildman–Crippen MR) is 69.7 cm³/mol. The number of benzene rings is 1. The highest BCUT2D eigenvalue weighted by molar-refractivity contribution is 8.00. The lowest BCUT2D eigenvalue weighted by Gasteiger charge is -2.32. The summed E-state index contributed by atoms with van der Waals surface area (Å²) in [6.07, 6.45) is 0. The second kappa shape index (κ2) is 4.35. The molecule has 15 heavy (non-hydrogen) atoms. The number of hydrogen-bond donors (Lipinski definition) is 1. The largest absolute Gasteiger partial charge is 0.399 e. The van der Waals surface area contributed by atoms with Gasteiger partial charge in [0.05, 0.1) is 0 Å². The predicted octanol–water partition coefficient (Wildman–Crippen LogP) is 2.52. The number of rotatable bonds is 1. The number of nitrogens with zero attached hydrogens (tertiary/aromatic N) is 1. The third kappa shape index (κ3) is 2.59. The number of anilines is 2. The molecule has 2 N–H and O–H groups in total. The minimum Gasteiger partial charge on any atom is -0.399 e. The molecular weight excluding hydrogens is 204 g/mol. The SMILES string of the molecule is Cc1cc(N)cc(N2CCSC(C)C2)c1. The van der Waals surface area contributed by atoms with Gasteiger partial charge < -0.3 is 10.6 Å². The van der Waals surface area contributed by atoms with Gasteiger partial charge in [0.1, 0.15) is 0 Å². The van der Waals surface area contributed by atoms with Crippen molar-refractivity contribution in [2.45, 2.75) is 19.1 Å². The standard InChI is InChI=1S/C12H18N2S/c1-9-5-11(13)7-12(6-9)14-3-4-15-10(2)8-14/h5-7,10H,3-4,8,13H2,1-2H3. The lowest BCUT2D eigenvalue weighted by molar-refractivity contribution is 0.783. The first kappa shape index (κ1) is 10.7. The van der Waals surface area contributed by atoms with Crippen LogP contribution in [0, 0.1) is 6.92 Å². The quantitative estimate of drug-likeness (QED) is 0.740. The van der Waals surface area contributed by atoms with Gasteiger partial charge >= 0.3 is 0 Å². The van der Waals surface area contributed by atoms with Crippen LogP contribution in [0.15, 0.2) is 18.2 Å². The highest BCUT2D eigenvalue weighted by Crippen LogP contribution is 2.26. The molecule has 1 unspecified atom stereocenters. The van der Waals surface area contributed by atoms with Gasteiger partial charge in [0.2, 0.25) is 0 Å². The van der Waals surface area contributed by atoms with Crippen LogP contribution in [0.5, 0.6) is 0 Å². The Morgan fingerprint density at radius 3 is 2.87 bits per heavy atom. The van der Waals surface area contributed by atoms with E-state index in [0.29, 0.717) is 0 Å². The summed E-state index contributed by atoms with van der Waals surface area (Å²) in [6.45, 7) is 6.66. The fourth-order valence-corrected chi connectivity index (χ4v) is 3.04. The Labute approximate surface area is 95.8 Å². The molecule has 1 atom stereocenters. The molecule has 1 heterocycles. The molecule has 2 nitrogen and oxygen atoms in total. The molecule has 1 aromatic carbocycles. The van der Waals surface area contributed by atoms with E-state index < -0.39 is 0 Å². The van der Waals surface area contributed by atoms with Gasteiger partial charge in [-0.25, -0.2) is 0 Å². The first-order valence-electron chi connectivity index (χ1n) is 5.39. The van der Waals surface area contributed by atoms with Gasteiger partial charge in [-0.3, -0.25) is 0 Å². The van der Waals surface area contributed by atoms with Crippen molar-refractivity contribution in [3.8, 4) is 0 Å². The zero-order valence-corrected chi connectivity index (χ0v) is 10.2. The summed E-state index contributed by atoms with van der Waals surface area (Å²) < 4.78 is 0. The Balaban J connectivity index is 2.20. The van der Waals surface area contributed by atoms with Crippen LogP contribution in [0.2, 0.25) is 0 Å². The highest BCUT2D eigenvalue weighted by atomic mass is 32.2. The Hall–Kier alpha value is -0.830. The lowest BCUT2D eigenvalue weighted by atomic mass is 10.1. The molecule has 0 saturated carbocycles. The van der Waals surface area contributed by atoms with Crippen molar-refractivity contribution >= 4 is 23.1 Å². The van der Waals surface area contributed by atoms with E-state index in [9.17, 15) is 0 Å². The minimum absolute atomic E-state index is 0.723. The lowest BCUT2D eigenvalue weighted by Crippen LogP contribution is -2.36. The Bertz CT molecular complexity index is 331. The van der Waals surface area contributed by atoms with Gasteiger partial charge in [-0.1, -0.05) is 6.92 Å². The van der Waals surface area contributed by atoms with E-state index in [1.807, 2.05) is 6.07 Å². The summed E-state index contributed by atoms with van der Waals surface area (Å²) >= 11 is 2.05. The van der Waals surface area contributed by atoms with Crippen LogP contribution in [-0.4, -0.2) is 24.1 Å². The molecule has 0 bridgehead atoms. The van der Waals surface area contributed by atoms with Crippen molar-refractivity contribution in [2.24, 2.45) is 0 Å². The fraction of sp³-hybridized carbons (Fsp3) is 0.500. The number of nitrogen functional groups attached to an aromatic ring is 1. The second-order valence-corrected chi connectivity index (χ2v) is 5.78. The van der Waals surface area contributed by atoms with E-state index in [1.165, 1.54) is 17.0 Å². The van der Waals surface area contributed by atoms with Crippen molar-refractivity contribution < 1.29 is 0 Å². The molecule has 0 amide bonds. The van der Waals surface area contributed by atoms with Gasteiger partial charge in [-0.05, 0) is 30.7 Å². The van der Waals surface area contributed by atoms with Crippen LogP contribution in [0.3, 0.4) is 0 Å². The van der Waals surface area contributed by atoms with Crippen LogP contribution in [0.4, 0.5) is 11.4 Å². The average Bonchev–Trinajstić information content (AvgIpc) is 2.16. The van der Waals surface area contributed by atoms with Crippen molar-refractivity contribution in [3.05, 3.63) is 23.8 Å². The van der Waals surface area contributed by atoms with Crippen molar-refractivity contribution in [1.29, 1.82) is 0 Å². The first-order chi connectivity index (χ1) is 7.15. The molecule has 0 aromatic heterocycles. The van der Waals surface area contributed by atoms with E-state index in [1.54, 1.807) is 0 Å². The molecule has 2 rings (SSSR count). The van der Waals surface area contributed by atoms with E-state index in [0.717, 1.165) is 24.0 Å². The third-order valence-electron chi connectivity index (χ3n) is 2.69. The summed E-state index contributed by atoms with van der Waals surface area (Å²) in [5.41, 5.74) is 9.26. The van der Waals surface area contributed by atoms with Crippen LogP contribution >= 0.6 is 11.8 Å². The van der Waals surface area contributed by atoms with Crippen LogP contribution in [0.25, 0.3) is 0 Å². The molecule has 1 aromatic rings. The van der Waals surface area contributed by atoms with E-state index in [-0.39, 0.29) is 0 Å². The topological polar surface area (TPSA) is 29.3 Å². The first-order valence-corrected chi connectivity index (χ1v) is 6.44. The van der Waals surface area contributed by atoms with E-state index >= 15 is 0 Å². The fourth-order valence-electron chi connectivity index (χ4n) is 2.03.